The molecule has 2 heterocycles. The molecule has 3 aromatic rings. The summed E-state index contributed by atoms with van der Waals surface area (Å²) in [6.07, 6.45) is 10.1. The highest BCUT2D eigenvalue weighted by Crippen LogP contribution is 2.19. The molecule has 4 heteroatoms. The van der Waals surface area contributed by atoms with Gasteiger partial charge in [0.05, 0.1) is 11.8 Å². The maximum Gasteiger partial charge on any atom is 0.0945 e. The van der Waals surface area contributed by atoms with Crippen LogP contribution in [-0.4, -0.2) is 14.1 Å². The maximum atomic E-state index is 5.85. The molecule has 0 aliphatic heterocycles. The van der Waals surface area contributed by atoms with E-state index in [2.05, 4.69) is 32.4 Å². The Hall–Kier alpha value is -2.23. The van der Waals surface area contributed by atoms with Crippen molar-refractivity contribution in [2.45, 2.75) is 25.9 Å². The molecule has 2 aromatic heterocycles. The Morgan fingerprint density at radius 2 is 1.95 bits per heavy atom. The van der Waals surface area contributed by atoms with Crippen molar-refractivity contribution in [2.75, 3.05) is 5.73 Å². The largest absolute Gasteiger partial charge is 0.399 e. The highest BCUT2D eigenvalue weighted by molar-refractivity contribution is 5.83. The summed E-state index contributed by atoms with van der Waals surface area (Å²) in [6.45, 7) is 2.06. The zero-order valence-electron chi connectivity index (χ0n) is 10.9. The zero-order chi connectivity index (χ0) is 13.1. The summed E-state index contributed by atoms with van der Waals surface area (Å²) in [4.78, 5) is 4.05. The van der Waals surface area contributed by atoms with E-state index in [1.165, 1.54) is 10.9 Å². The number of hydrogen-bond donors (Lipinski definition) is 1. The second-order valence-electron chi connectivity index (χ2n) is 4.84. The third-order valence-corrected chi connectivity index (χ3v) is 3.42. The summed E-state index contributed by atoms with van der Waals surface area (Å²) in [6, 6.07) is 8.22. The van der Waals surface area contributed by atoms with Gasteiger partial charge in [-0.15, -0.1) is 0 Å². The summed E-state index contributed by atoms with van der Waals surface area (Å²) in [5.74, 6) is 0. The second kappa shape index (κ2) is 5.18. The molecule has 0 unspecified atom stereocenters. The molecule has 3 rings (SSSR count). The fraction of sp³-hybridized carbons (Fsp3) is 0.267. The third-order valence-electron chi connectivity index (χ3n) is 3.42. The van der Waals surface area contributed by atoms with Crippen LogP contribution in [0.25, 0.3) is 10.9 Å². The normalized spacial score (nSPS) is 11.2. The van der Waals surface area contributed by atoms with E-state index in [9.17, 15) is 0 Å². The van der Waals surface area contributed by atoms with Gasteiger partial charge in [0.1, 0.15) is 0 Å². The van der Waals surface area contributed by atoms with Crippen molar-refractivity contribution in [1.82, 2.24) is 14.1 Å². The Bertz CT molecular complexity index is 652. The lowest BCUT2D eigenvalue weighted by Crippen LogP contribution is -2.00. The first kappa shape index (κ1) is 11.8. The van der Waals surface area contributed by atoms with Crippen molar-refractivity contribution in [2.24, 2.45) is 0 Å². The van der Waals surface area contributed by atoms with Gasteiger partial charge in [-0.2, -0.15) is 0 Å². The number of nitrogens with two attached hydrogens (primary N) is 1. The van der Waals surface area contributed by atoms with E-state index >= 15 is 0 Å². The Morgan fingerprint density at radius 3 is 2.79 bits per heavy atom. The number of unbranched alkanes of at least 4 members (excludes halogenated alkanes) is 1. The first-order valence-corrected chi connectivity index (χ1v) is 6.63. The fourth-order valence-electron chi connectivity index (χ4n) is 2.39. The minimum Gasteiger partial charge on any atom is -0.399 e. The van der Waals surface area contributed by atoms with E-state index < -0.39 is 0 Å². The van der Waals surface area contributed by atoms with Crippen LogP contribution < -0.4 is 5.73 Å². The second-order valence-corrected chi connectivity index (χ2v) is 4.84. The predicted octanol–water partition coefficient (Wildman–Crippen LogP) is 2.90. The lowest BCUT2D eigenvalue weighted by atomic mass is 10.2. The Balaban J connectivity index is 1.60. The van der Waals surface area contributed by atoms with Crippen LogP contribution in [0.5, 0.6) is 0 Å². The fourth-order valence-corrected chi connectivity index (χ4v) is 2.39. The van der Waals surface area contributed by atoms with Crippen LogP contribution in [0.2, 0.25) is 0 Å². The molecule has 0 spiro atoms. The highest BCUT2D eigenvalue weighted by atomic mass is 15.0. The molecule has 0 amide bonds. The number of benzene rings is 1. The number of anilines is 1. The minimum absolute atomic E-state index is 0.825. The first-order chi connectivity index (χ1) is 9.33. The predicted molar refractivity (Wildman–Crippen MR) is 77.8 cm³/mol. The van der Waals surface area contributed by atoms with Crippen molar-refractivity contribution in [3.05, 3.63) is 49.2 Å². The molecule has 0 atom stereocenters. The van der Waals surface area contributed by atoms with Crippen LogP contribution in [-0.2, 0) is 13.1 Å². The molecule has 0 aliphatic rings. The van der Waals surface area contributed by atoms with Crippen molar-refractivity contribution in [3.63, 3.8) is 0 Å². The van der Waals surface area contributed by atoms with E-state index in [0.717, 1.165) is 31.6 Å². The number of nitrogens with zero attached hydrogens (tertiary/aromatic N) is 3. The zero-order valence-corrected chi connectivity index (χ0v) is 10.9. The van der Waals surface area contributed by atoms with Crippen LogP contribution in [0.3, 0.4) is 0 Å². The number of fused-ring (bicyclic) bond motifs is 1. The number of hydrogen-bond acceptors (Lipinski definition) is 2. The standard InChI is InChI=1S/C15H18N4/c16-14-4-3-13-5-9-19(15(13)11-14)8-2-1-7-18-10-6-17-12-18/h3-6,9-12H,1-2,7-8,16H2. The van der Waals surface area contributed by atoms with Crippen LogP contribution in [0, 0.1) is 0 Å². The molecule has 2 N–H and O–H groups in total. The SMILES string of the molecule is Nc1ccc2ccn(CCCCn3ccnc3)c2c1. The number of aryl methyl sites for hydroxylation is 2. The van der Waals surface area contributed by atoms with Gasteiger partial charge >= 0.3 is 0 Å². The summed E-state index contributed by atoms with van der Waals surface area (Å²) in [7, 11) is 0. The Kier molecular flexibility index (Phi) is 3.23. The quantitative estimate of drug-likeness (QED) is 0.562. The van der Waals surface area contributed by atoms with E-state index in [0.29, 0.717) is 0 Å². The molecule has 0 aliphatic carbocycles. The Morgan fingerprint density at radius 1 is 1.05 bits per heavy atom. The van der Waals surface area contributed by atoms with Gasteiger partial charge in [-0.25, -0.2) is 4.98 Å². The number of imidazole rings is 1. The first-order valence-electron chi connectivity index (χ1n) is 6.63. The molecule has 98 valence electrons. The molecule has 0 bridgehead atoms. The number of nitrogen functional groups attached to an aromatic ring is 1. The summed E-state index contributed by atoms with van der Waals surface area (Å²) in [5, 5.41) is 1.25. The van der Waals surface area contributed by atoms with Crippen LogP contribution in [0.4, 0.5) is 5.69 Å². The van der Waals surface area contributed by atoms with Gasteiger partial charge in [0, 0.05) is 37.4 Å². The average Bonchev–Trinajstić information content (AvgIpc) is 3.04. The van der Waals surface area contributed by atoms with E-state index in [4.69, 9.17) is 5.73 Å². The smallest absolute Gasteiger partial charge is 0.0945 e. The van der Waals surface area contributed by atoms with E-state index in [-0.39, 0.29) is 0 Å². The van der Waals surface area contributed by atoms with Gasteiger partial charge < -0.3 is 14.9 Å². The molecular formula is C15H18N4. The topological polar surface area (TPSA) is 48.8 Å². The van der Waals surface area contributed by atoms with E-state index in [1.807, 2.05) is 30.9 Å². The monoisotopic (exact) mass is 254 g/mol. The van der Waals surface area contributed by atoms with Crippen LogP contribution in [0.15, 0.2) is 49.2 Å². The molecule has 0 saturated carbocycles. The van der Waals surface area contributed by atoms with Crippen molar-refractivity contribution in [1.29, 1.82) is 0 Å². The van der Waals surface area contributed by atoms with Gasteiger partial charge in [-0.1, -0.05) is 6.07 Å². The van der Waals surface area contributed by atoms with Crippen molar-refractivity contribution in [3.8, 4) is 0 Å². The van der Waals surface area contributed by atoms with Gasteiger partial charge in [0.2, 0.25) is 0 Å². The summed E-state index contributed by atoms with van der Waals surface area (Å²) < 4.78 is 4.39. The van der Waals surface area contributed by atoms with Crippen LogP contribution >= 0.6 is 0 Å². The minimum atomic E-state index is 0.825. The molecule has 4 nitrogen and oxygen atoms in total. The molecule has 1 aromatic carbocycles. The average molecular weight is 254 g/mol. The lowest BCUT2D eigenvalue weighted by molar-refractivity contribution is 0.560. The molecule has 0 radical (unpaired) electrons. The molecule has 0 fully saturated rings. The summed E-state index contributed by atoms with van der Waals surface area (Å²) >= 11 is 0. The number of rotatable bonds is 5. The molecule has 19 heavy (non-hydrogen) atoms. The maximum absolute atomic E-state index is 5.85. The van der Waals surface area contributed by atoms with Crippen molar-refractivity contribution >= 4 is 16.6 Å². The van der Waals surface area contributed by atoms with Gasteiger partial charge in [-0.3, -0.25) is 0 Å². The van der Waals surface area contributed by atoms with Crippen molar-refractivity contribution < 1.29 is 0 Å². The lowest BCUT2D eigenvalue weighted by Gasteiger charge is -2.06. The van der Waals surface area contributed by atoms with E-state index in [1.54, 1.807) is 0 Å². The van der Waals surface area contributed by atoms with Gasteiger partial charge in [-0.05, 0) is 36.4 Å². The number of aromatic nitrogens is 3. The van der Waals surface area contributed by atoms with Gasteiger partial charge in [0.25, 0.3) is 0 Å². The highest BCUT2D eigenvalue weighted by Gasteiger charge is 2.01. The summed E-state index contributed by atoms with van der Waals surface area (Å²) in [5.41, 5.74) is 7.90. The van der Waals surface area contributed by atoms with Crippen LogP contribution in [0.1, 0.15) is 12.8 Å². The molecule has 0 saturated heterocycles. The Labute approximate surface area is 112 Å². The molecular weight excluding hydrogens is 236 g/mol. The van der Waals surface area contributed by atoms with Gasteiger partial charge in [0.15, 0.2) is 0 Å². The third kappa shape index (κ3) is 2.62.